The predicted molar refractivity (Wildman–Crippen MR) is 96.2 cm³/mol. The Kier molecular flexibility index (Phi) is 4.64. The molecule has 1 aromatic carbocycles. The zero-order chi connectivity index (χ0) is 20.1. The number of amides is 2. The van der Waals surface area contributed by atoms with Crippen LogP contribution in [0.15, 0.2) is 24.3 Å². The molecule has 28 heavy (non-hydrogen) atoms. The van der Waals surface area contributed by atoms with Gasteiger partial charge in [-0.05, 0) is 49.7 Å². The summed E-state index contributed by atoms with van der Waals surface area (Å²) in [5, 5.41) is 8.92. The van der Waals surface area contributed by atoms with Crippen molar-refractivity contribution < 1.29 is 22.8 Å². The number of benzene rings is 1. The highest BCUT2D eigenvalue weighted by atomic mass is 19.4. The van der Waals surface area contributed by atoms with E-state index < -0.39 is 17.6 Å². The highest BCUT2D eigenvalue weighted by Crippen LogP contribution is 2.58. The molecule has 0 aromatic heterocycles. The fraction of sp³-hybridized carbons (Fsp3) is 0.600. The van der Waals surface area contributed by atoms with Gasteiger partial charge in [0.05, 0.1) is 30.1 Å². The molecule has 3 aliphatic rings. The van der Waals surface area contributed by atoms with E-state index in [9.17, 15) is 22.8 Å². The molecule has 2 saturated carbocycles. The maximum absolute atomic E-state index is 13.2. The Morgan fingerprint density at radius 2 is 1.86 bits per heavy atom. The summed E-state index contributed by atoms with van der Waals surface area (Å²) in [4.78, 5) is 24.5. The quantitative estimate of drug-likeness (QED) is 0.718. The third-order valence-electron chi connectivity index (χ3n) is 6.11. The zero-order valence-electron chi connectivity index (χ0n) is 15.6. The van der Waals surface area contributed by atoms with Gasteiger partial charge in [0.25, 0.3) is 0 Å². The van der Waals surface area contributed by atoms with Gasteiger partial charge >= 0.3 is 6.18 Å². The van der Waals surface area contributed by atoms with E-state index in [1.54, 1.807) is 19.1 Å². The van der Waals surface area contributed by atoms with Crippen LogP contribution in [0.3, 0.4) is 0 Å². The fourth-order valence-corrected chi connectivity index (χ4v) is 3.94. The van der Waals surface area contributed by atoms with Crippen LogP contribution in [0.25, 0.3) is 0 Å². The summed E-state index contributed by atoms with van der Waals surface area (Å²) in [6.07, 6.45) is -2.00. The average molecular weight is 395 g/mol. The largest absolute Gasteiger partial charge is 0.398 e. The minimum atomic E-state index is -4.24. The van der Waals surface area contributed by atoms with Crippen LogP contribution in [0.2, 0.25) is 0 Å². The molecule has 152 valence electrons. The maximum Gasteiger partial charge on any atom is 0.398 e. The highest BCUT2D eigenvalue weighted by molar-refractivity contribution is 5.89. The second kappa shape index (κ2) is 6.76. The topological polar surface area (TPSA) is 70.2 Å². The molecule has 1 aliphatic heterocycles. The van der Waals surface area contributed by atoms with Gasteiger partial charge in [-0.2, -0.15) is 13.2 Å². The Labute approximate surface area is 161 Å². The molecule has 1 aromatic rings. The van der Waals surface area contributed by atoms with Crippen molar-refractivity contribution in [2.24, 2.45) is 5.92 Å². The lowest BCUT2D eigenvalue weighted by molar-refractivity contribution is -0.160. The molecule has 1 heterocycles. The second-order valence-corrected chi connectivity index (χ2v) is 8.24. The molecule has 3 atom stereocenters. The number of nitrogens with one attached hydrogen (secondary N) is 3. The predicted octanol–water partition coefficient (Wildman–Crippen LogP) is 2.67. The van der Waals surface area contributed by atoms with Gasteiger partial charge in [0, 0.05) is 0 Å². The molecule has 2 amide bonds. The van der Waals surface area contributed by atoms with E-state index in [1.165, 1.54) is 12.1 Å². The summed E-state index contributed by atoms with van der Waals surface area (Å²) in [6, 6.07) is 5.33. The zero-order valence-corrected chi connectivity index (χ0v) is 15.6. The number of alkyl halides is 3. The lowest BCUT2D eigenvalue weighted by Gasteiger charge is -2.31. The normalized spacial score (nSPS) is 27.6. The standard InChI is InChI=1S/C20H24F3N3O2/c1-11(12-4-6-14(7-5-12)19(8-9-19)20(21,22)23)24-18(28)15-10-16(27)26-17(25-15)13-2-3-13/h4-7,11,13,15,17,25H,2-3,8-10H2,1H3,(H,24,28)(H,26,27). The monoisotopic (exact) mass is 395 g/mol. The molecule has 3 unspecified atom stereocenters. The van der Waals surface area contributed by atoms with Crippen LogP contribution in [0.1, 0.15) is 56.2 Å². The van der Waals surface area contributed by atoms with Crippen LogP contribution in [-0.4, -0.2) is 30.2 Å². The van der Waals surface area contributed by atoms with Gasteiger partial charge in [-0.1, -0.05) is 24.3 Å². The second-order valence-electron chi connectivity index (χ2n) is 8.24. The van der Waals surface area contributed by atoms with E-state index in [-0.39, 0.29) is 48.8 Å². The van der Waals surface area contributed by atoms with Crippen LogP contribution < -0.4 is 16.0 Å². The van der Waals surface area contributed by atoms with E-state index in [0.29, 0.717) is 5.92 Å². The van der Waals surface area contributed by atoms with Gasteiger partial charge in [0.1, 0.15) is 0 Å². The van der Waals surface area contributed by atoms with Crippen LogP contribution in [0, 0.1) is 5.92 Å². The maximum atomic E-state index is 13.2. The Bertz CT molecular complexity index is 770. The molecule has 0 bridgehead atoms. The summed E-state index contributed by atoms with van der Waals surface area (Å²) in [5.41, 5.74) is -0.691. The smallest absolute Gasteiger partial charge is 0.348 e. The number of carbonyl (C=O) groups is 2. The molecule has 1 saturated heterocycles. The van der Waals surface area contributed by atoms with Crippen molar-refractivity contribution in [3.63, 3.8) is 0 Å². The molecule has 0 radical (unpaired) electrons. The van der Waals surface area contributed by atoms with Crippen molar-refractivity contribution >= 4 is 11.8 Å². The fourth-order valence-electron chi connectivity index (χ4n) is 3.94. The van der Waals surface area contributed by atoms with E-state index in [0.717, 1.165) is 18.4 Å². The van der Waals surface area contributed by atoms with Crippen molar-refractivity contribution in [1.82, 2.24) is 16.0 Å². The van der Waals surface area contributed by atoms with Crippen molar-refractivity contribution in [3.8, 4) is 0 Å². The van der Waals surface area contributed by atoms with Gasteiger partial charge < -0.3 is 10.6 Å². The Morgan fingerprint density at radius 3 is 2.39 bits per heavy atom. The third kappa shape index (κ3) is 3.62. The van der Waals surface area contributed by atoms with Crippen molar-refractivity contribution in [3.05, 3.63) is 35.4 Å². The van der Waals surface area contributed by atoms with E-state index in [2.05, 4.69) is 16.0 Å². The average Bonchev–Trinajstić information content (AvgIpc) is 3.54. The summed E-state index contributed by atoms with van der Waals surface area (Å²) in [6.45, 7) is 1.78. The van der Waals surface area contributed by atoms with Crippen LogP contribution >= 0.6 is 0 Å². The number of rotatable bonds is 5. The first-order valence-electron chi connectivity index (χ1n) is 9.72. The molecular weight excluding hydrogens is 371 g/mol. The third-order valence-corrected chi connectivity index (χ3v) is 6.11. The number of halogens is 3. The molecule has 0 spiro atoms. The van der Waals surface area contributed by atoms with Crippen LogP contribution in [-0.2, 0) is 15.0 Å². The first-order chi connectivity index (χ1) is 13.2. The number of hydrogen-bond acceptors (Lipinski definition) is 3. The Hall–Kier alpha value is -2.09. The molecular formula is C20H24F3N3O2. The van der Waals surface area contributed by atoms with Gasteiger partial charge in [0.2, 0.25) is 11.8 Å². The summed E-state index contributed by atoms with van der Waals surface area (Å²) < 4.78 is 39.7. The molecule has 3 N–H and O–H groups in total. The Balaban J connectivity index is 1.39. The number of carbonyl (C=O) groups excluding carboxylic acids is 2. The van der Waals surface area contributed by atoms with Gasteiger partial charge in [-0.25, -0.2) is 0 Å². The summed E-state index contributed by atoms with van der Waals surface area (Å²) >= 11 is 0. The lowest BCUT2D eigenvalue weighted by atomic mass is 9.93. The van der Waals surface area contributed by atoms with Gasteiger partial charge in [-0.3, -0.25) is 14.9 Å². The van der Waals surface area contributed by atoms with E-state index in [1.807, 2.05) is 0 Å². The minimum Gasteiger partial charge on any atom is -0.348 e. The van der Waals surface area contributed by atoms with Crippen LogP contribution in [0.4, 0.5) is 13.2 Å². The molecule has 5 nitrogen and oxygen atoms in total. The highest BCUT2D eigenvalue weighted by Gasteiger charge is 2.64. The van der Waals surface area contributed by atoms with Gasteiger partial charge in [-0.15, -0.1) is 0 Å². The van der Waals surface area contributed by atoms with Crippen molar-refractivity contribution in [2.45, 2.75) is 68.9 Å². The first kappa shape index (κ1) is 19.2. The van der Waals surface area contributed by atoms with Gasteiger partial charge in [0.15, 0.2) is 0 Å². The lowest BCUT2D eigenvalue weighted by Crippen LogP contribution is -2.61. The summed E-state index contributed by atoms with van der Waals surface area (Å²) in [7, 11) is 0. The minimum absolute atomic E-state index is 0.0782. The Morgan fingerprint density at radius 1 is 1.21 bits per heavy atom. The van der Waals surface area contributed by atoms with E-state index >= 15 is 0 Å². The summed E-state index contributed by atoms with van der Waals surface area (Å²) in [5.74, 6) is -0.0337. The molecule has 3 fully saturated rings. The number of hydrogen-bond donors (Lipinski definition) is 3. The van der Waals surface area contributed by atoms with E-state index in [4.69, 9.17) is 0 Å². The first-order valence-corrected chi connectivity index (χ1v) is 9.72. The van der Waals surface area contributed by atoms with Crippen molar-refractivity contribution in [2.75, 3.05) is 0 Å². The molecule has 8 heteroatoms. The van der Waals surface area contributed by atoms with Crippen molar-refractivity contribution in [1.29, 1.82) is 0 Å². The van der Waals surface area contributed by atoms with Crippen LogP contribution in [0.5, 0.6) is 0 Å². The SMILES string of the molecule is CC(NC(=O)C1CC(=O)NC(C2CC2)N1)c1ccc(C2(C(F)(F)F)CC2)cc1. The molecule has 4 rings (SSSR count). The molecule has 2 aliphatic carbocycles.